The first-order chi connectivity index (χ1) is 19.6. The minimum absolute atomic E-state index is 0.166. The Labute approximate surface area is 250 Å². The van der Waals surface area contributed by atoms with Crippen molar-refractivity contribution in [3.63, 3.8) is 0 Å². The number of thiophene rings is 1. The molecule has 11 heteroatoms. The van der Waals surface area contributed by atoms with Crippen LogP contribution in [0.25, 0.3) is 22.4 Å². The third-order valence-corrected chi connectivity index (χ3v) is 8.65. The second-order valence-electron chi connectivity index (χ2n) is 10.3. The van der Waals surface area contributed by atoms with Gasteiger partial charge in [-0.1, -0.05) is 32.4 Å². The van der Waals surface area contributed by atoms with Gasteiger partial charge in [-0.2, -0.15) is 9.78 Å². The molecule has 0 unspecified atom stereocenters. The first-order valence-corrected chi connectivity index (χ1v) is 14.9. The van der Waals surface area contributed by atoms with Gasteiger partial charge in [0.2, 0.25) is 0 Å². The molecule has 0 amide bonds. The number of nitrogens with zero attached hydrogens (tertiary/aromatic N) is 5. The van der Waals surface area contributed by atoms with Gasteiger partial charge in [0.15, 0.2) is 5.78 Å². The van der Waals surface area contributed by atoms with E-state index >= 15 is 0 Å². The zero-order valence-electron chi connectivity index (χ0n) is 22.6. The summed E-state index contributed by atoms with van der Waals surface area (Å²) >= 11 is 9.09. The maximum atomic E-state index is 13.5. The van der Waals surface area contributed by atoms with Gasteiger partial charge >= 0.3 is 0 Å². The number of rotatable bonds is 8. The van der Waals surface area contributed by atoms with Gasteiger partial charge in [-0.15, -0.1) is 23.1 Å². The van der Waals surface area contributed by atoms with Crippen LogP contribution in [0, 0.1) is 5.41 Å². The monoisotopic (exact) mass is 603 g/mol. The molecule has 5 aromatic heterocycles. The van der Waals surface area contributed by atoms with Gasteiger partial charge in [0.1, 0.15) is 5.03 Å². The van der Waals surface area contributed by atoms with Crippen molar-refractivity contribution in [1.82, 2.24) is 24.3 Å². The lowest BCUT2D eigenvalue weighted by Gasteiger charge is -2.17. The minimum Gasteiger partial charge on any atom is -0.307 e. The van der Waals surface area contributed by atoms with Crippen LogP contribution in [0.5, 0.6) is 0 Å². The summed E-state index contributed by atoms with van der Waals surface area (Å²) < 4.78 is 3.49. The first kappa shape index (κ1) is 28.7. The summed E-state index contributed by atoms with van der Waals surface area (Å²) in [7, 11) is 0. The normalized spacial score (nSPS) is 11.5. The van der Waals surface area contributed by atoms with E-state index in [0.29, 0.717) is 37.5 Å². The Hall–Kier alpha value is -3.86. The van der Waals surface area contributed by atoms with E-state index in [1.165, 1.54) is 44.6 Å². The molecule has 0 aliphatic rings. The summed E-state index contributed by atoms with van der Waals surface area (Å²) in [6, 6.07) is 14.1. The molecule has 208 valence electrons. The van der Waals surface area contributed by atoms with Crippen molar-refractivity contribution in [1.29, 1.82) is 0 Å². The molecule has 0 saturated heterocycles. The number of hydrogen-bond acceptors (Lipinski definition) is 8. The zero-order valence-corrected chi connectivity index (χ0v) is 25.0. The van der Waals surface area contributed by atoms with Crippen LogP contribution in [0.1, 0.15) is 40.8 Å². The van der Waals surface area contributed by atoms with E-state index in [-0.39, 0.29) is 23.8 Å². The molecule has 0 aliphatic carbocycles. The number of ketones is 1. The second-order valence-corrected chi connectivity index (χ2v) is 13.1. The highest BCUT2D eigenvalue weighted by Gasteiger charge is 2.28. The van der Waals surface area contributed by atoms with E-state index in [4.69, 9.17) is 16.7 Å². The molecular formula is C30H26ClN5O3S2. The first-order valence-electron chi connectivity index (χ1n) is 12.7. The summed E-state index contributed by atoms with van der Waals surface area (Å²) in [5.41, 5.74) is 1.88. The largest absolute Gasteiger partial charge is 0.307 e. The topological polar surface area (TPSA) is 99.7 Å². The second kappa shape index (κ2) is 11.9. The van der Waals surface area contributed by atoms with Gasteiger partial charge in [-0.3, -0.25) is 24.4 Å². The summed E-state index contributed by atoms with van der Waals surface area (Å²) in [4.78, 5) is 48.8. The molecule has 5 aromatic rings. The molecule has 0 fully saturated rings. The number of thioether (sulfide) groups is 1. The fourth-order valence-corrected chi connectivity index (χ4v) is 6.20. The lowest BCUT2D eigenvalue weighted by Crippen LogP contribution is -2.28. The van der Waals surface area contributed by atoms with Gasteiger partial charge in [0.25, 0.3) is 11.5 Å². The number of aromatic nitrogens is 5. The average Bonchev–Trinajstić information content (AvgIpc) is 3.58. The standard InChI is InChI=1S/C30H26ClN5O3S2/c1-30(2,3)29(39)36-28(40-18-21-6-7-26(31)41-21)14-24(34-36)23-16-35(17-25(37)20-5-4-10-33-15-20)27(38)13-22(23)19-8-11-32-12-9-19/h4-16H,17-18H2,1-3H3. The van der Waals surface area contributed by atoms with Crippen molar-refractivity contribution < 1.29 is 9.59 Å². The van der Waals surface area contributed by atoms with E-state index < -0.39 is 5.41 Å². The van der Waals surface area contributed by atoms with Gasteiger partial charge in [0.05, 0.1) is 16.6 Å². The van der Waals surface area contributed by atoms with Gasteiger partial charge in [-0.25, -0.2) is 0 Å². The van der Waals surface area contributed by atoms with Gasteiger partial charge < -0.3 is 4.57 Å². The lowest BCUT2D eigenvalue weighted by atomic mass is 9.96. The van der Waals surface area contributed by atoms with Crippen LogP contribution in [-0.2, 0) is 12.3 Å². The van der Waals surface area contributed by atoms with Crippen molar-refractivity contribution in [3.8, 4) is 22.4 Å². The summed E-state index contributed by atoms with van der Waals surface area (Å²) in [6.45, 7) is 5.36. The van der Waals surface area contributed by atoms with Crippen LogP contribution in [0.4, 0.5) is 0 Å². The number of hydrogen-bond donors (Lipinski definition) is 0. The molecule has 0 spiro atoms. The maximum Gasteiger partial charge on any atom is 0.253 e. The molecule has 8 nitrogen and oxygen atoms in total. The molecule has 0 aromatic carbocycles. The molecule has 0 bridgehead atoms. The molecule has 41 heavy (non-hydrogen) atoms. The van der Waals surface area contributed by atoms with Crippen molar-refractivity contribution >= 4 is 46.4 Å². The van der Waals surface area contributed by atoms with Gasteiger partial charge in [0, 0.05) is 64.2 Å². The number of Topliss-reactive ketones (excluding diaryl/α,β-unsaturated/α-hetero) is 1. The SMILES string of the molecule is CC(C)(C)C(=O)n1nc(-c2cn(CC(=O)c3cccnc3)c(=O)cc2-c2ccncc2)cc1SCc1ccc(Cl)s1. The molecule has 5 rings (SSSR count). The maximum absolute atomic E-state index is 13.5. The predicted octanol–water partition coefficient (Wildman–Crippen LogP) is 6.75. The molecule has 5 heterocycles. The number of halogens is 1. The minimum atomic E-state index is -0.687. The van der Waals surface area contributed by atoms with E-state index in [2.05, 4.69) is 9.97 Å². The van der Waals surface area contributed by atoms with Crippen molar-refractivity contribution in [2.24, 2.45) is 5.41 Å². The Morgan fingerprint density at radius 3 is 2.44 bits per heavy atom. The molecule has 0 aliphatic heterocycles. The number of carbonyl (C=O) groups is 2. The van der Waals surface area contributed by atoms with Crippen molar-refractivity contribution in [2.45, 2.75) is 38.1 Å². The van der Waals surface area contributed by atoms with Crippen LogP contribution >= 0.6 is 34.7 Å². The van der Waals surface area contributed by atoms with Crippen molar-refractivity contribution in [3.05, 3.63) is 105 Å². The van der Waals surface area contributed by atoms with E-state index in [9.17, 15) is 14.4 Å². The zero-order chi connectivity index (χ0) is 29.1. The number of carbonyl (C=O) groups excluding carboxylic acids is 2. The lowest BCUT2D eigenvalue weighted by molar-refractivity contribution is 0.0736. The molecule has 0 atom stereocenters. The Balaban J connectivity index is 1.62. The molecule has 0 N–H and O–H groups in total. The van der Waals surface area contributed by atoms with E-state index in [1.54, 1.807) is 49.1 Å². The third kappa shape index (κ3) is 6.56. The fraction of sp³-hybridized carbons (Fsp3) is 0.200. The Morgan fingerprint density at radius 1 is 1.00 bits per heavy atom. The van der Waals surface area contributed by atoms with Crippen LogP contribution in [0.15, 0.2) is 89.3 Å². The fourth-order valence-electron chi connectivity index (χ4n) is 4.08. The predicted molar refractivity (Wildman–Crippen MR) is 163 cm³/mol. The van der Waals surface area contributed by atoms with Crippen LogP contribution < -0.4 is 5.56 Å². The van der Waals surface area contributed by atoms with Crippen molar-refractivity contribution in [2.75, 3.05) is 0 Å². The number of pyridine rings is 3. The smallest absolute Gasteiger partial charge is 0.253 e. The van der Waals surface area contributed by atoms with E-state index in [0.717, 1.165) is 10.4 Å². The summed E-state index contributed by atoms with van der Waals surface area (Å²) in [5.74, 6) is 0.194. The molecule has 0 radical (unpaired) electrons. The molecule has 0 saturated carbocycles. The quantitative estimate of drug-likeness (QED) is 0.143. The summed E-state index contributed by atoms with van der Waals surface area (Å²) in [6.07, 6.45) is 7.98. The highest BCUT2D eigenvalue weighted by Crippen LogP contribution is 2.36. The Morgan fingerprint density at radius 2 is 1.78 bits per heavy atom. The summed E-state index contributed by atoms with van der Waals surface area (Å²) in [5, 5.41) is 5.42. The van der Waals surface area contributed by atoms with E-state index in [1.807, 2.05) is 39.0 Å². The third-order valence-electron chi connectivity index (χ3n) is 6.19. The highest BCUT2D eigenvalue weighted by molar-refractivity contribution is 7.98. The van der Waals surface area contributed by atoms with Crippen LogP contribution in [0.3, 0.4) is 0 Å². The Kier molecular flexibility index (Phi) is 8.35. The van der Waals surface area contributed by atoms with Gasteiger partial charge in [-0.05, 0) is 53.6 Å². The molecular weight excluding hydrogens is 578 g/mol. The highest BCUT2D eigenvalue weighted by atomic mass is 35.5. The average molecular weight is 604 g/mol. The van der Waals surface area contributed by atoms with Crippen LogP contribution in [0.2, 0.25) is 4.34 Å². The van der Waals surface area contributed by atoms with Crippen LogP contribution in [-0.4, -0.2) is 36.0 Å². The Bertz CT molecular complexity index is 1770.